The Hall–Kier alpha value is -2.93. The summed E-state index contributed by atoms with van der Waals surface area (Å²) in [6.07, 6.45) is 4.97. The number of thiazole rings is 1. The molecule has 144 valence electrons. The molecule has 1 unspecified atom stereocenters. The molecule has 1 atom stereocenters. The summed E-state index contributed by atoms with van der Waals surface area (Å²) < 4.78 is 1.95. The van der Waals surface area contributed by atoms with Crippen molar-refractivity contribution in [2.75, 3.05) is 0 Å². The highest BCUT2D eigenvalue weighted by atomic mass is 32.1. The molecule has 0 bridgehead atoms. The van der Waals surface area contributed by atoms with Gasteiger partial charge in [0, 0.05) is 17.8 Å². The molecule has 0 fully saturated rings. The SMILES string of the molecule is CC(C)CC(NC(=O)Cc1csc(-n2cccc2)n1)c1nc2ccccc2[nH]1. The lowest BCUT2D eigenvalue weighted by atomic mass is 10.0. The predicted molar refractivity (Wildman–Crippen MR) is 112 cm³/mol. The zero-order valence-electron chi connectivity index (χ0n) is 15.9. The van der Waals surface area contributed by atoms with Crippen LogP contribution in [0.1, 0.15) is 37.8 Å². The summed E-state index contributed by atoms with van der Waals surface area (Å²) in [5.41, 5.74) is 2.67. The van der Waals surface area contributed by atoms with Crippen molar-refractivity contribution < 1.29 is 4.79 Å². The van der Waals surface area contributed by atoms with Crippen molar-refractivity contribution in [1.82, 2.24) is 24.8 Å². The minimum atomic E-state index is -0.151. The van der Waals surface area contributed by atoms with Gasteiger partial charge in [-0.05, 0) is 36.6 Å². The van der Waals surface area contributed by atoms with E-state index in [4.69, 9.17) is 0 Å². The van der Waals surface area contributed by atoms with Gasteiger partial charge in [0.2, 0.25) is 5.91 Å². The molecule has 0 aliphatic heterocycles. The van der Waals surface area contributed by atoms with E-state index in [9.17, 15) is 4.79 Å². The summed E-state index contributed by atoms with van der Waals surface area (Å²) >= 11 is 1.53. The van der Waals surface area contributed by atoms with Crippen LogP contribution in [0.4, 0.5) is 0 Å². The monoisotopic (exact) mass is 393 g/mol. The molecule has 0 saturated carbocycles. The molecule has 0 radical (unpaired) electrons. The lowest BCUT2D eigenvalue weighted by Crippen LogP contribution is -2.31. The van der Waals surface area contributed by atoms with Gasteiger partial charge in [-0.2, -0.15) is 0 Å². The van der Waals surface area contributed by atoms with E-state index < -0.39 is 0 Å². The molecule has 0 saturated heterocycles. The van der Waals surface area contributed by atoms with Gasteiger partial charge in [0.15, 0.2) is 5.13 Å². The zero-order chi connectivity index (χ0) is 19.5. The zero-order valence-corrected chi connectivity index (χ0v) is 16.7. The maximum atomic E-state index is 12.7. The van der Waals surface area contributed by atoms with Crippen LogP contribution in [0.2, 0.25) is 0 Å². The summed E-state index contributed by atoms with van der Waals surface area (Å²) in [5, 5.41) is 5.95. The molecule has 3 heterocycles. The summed E-state index contributed by atoms with van der Waals surface area (Å²) in [4.78, 5) is 25.3. The average molecular weight is 394 g/mol. The standard InChI is InChI=1S/C21H23N5OS/c1-14(2)11-18(20-24-16-7-3-4-8-17(16)25-20)23-19(27)12-15-13-28-21(22-15)26-9-5-6-10-26/h3-10,13-14,18H,11-12H2,1-2H3,(H,23,27)(H,24,25). The summed E-state index contributed by atoms with van der Waals surface area (Å²) in [7, 11) is 0. The number of carbonyl (C=O) groups is 1. The first kappa shape index (κ1) is 18.4. The Morgan fingerprint density at radius 3 is 2.71 bits per heavy atom. The number of imidazole rings is 1. The van der Waals surface area contributed by atoms with Crippen LogP contribution in [0.5, 0.6) is 0 Å². The van der Waals surface area contributed by atoms with E-state index >= 15 is 0 Å². The fraction of sp³-hybridized carbons (Fsp3) is 0.286. The highest BCUT2D eigenvalue weighted by Crippen LogP contribution is 2.22. The summed E-state index contributed by atoms with van der Waals surface area (Å²) in [5.74, 6) is 1.18. The first-order valence-electron chi connectivity index (χ1n) is 9.40. The molecule has 3 aromatic heterocycles. The number of amides is 1. The minimum absolute atomic E-state index is 0.0459. The Morgan fingerprint density at radius 1 is 1.18 bits per heavy atom. The number of carbonyl (C=O) groups excluding carboxylic acids is 1. The van der Waals surface area contributed by atoms with E-state index in [0.29, 0.717) is 5.92 Å². The fourth-order valence-electron chi connectivity index (χ4n) is 3.22. The van der Waals surface area contributed by atoms with Crippen molar-refractivity contribution in [2.45, 2.75) is 32.7 Å². The topological polar surface area (TPSA) is 75.6 Å². The molecule has 0 aliphatic carbocycles. The van der Waals surface area contributed by atoms with Crippen molar-refractivity contribution >= 4 is 28.3 Å². The van der Waals surface area contributed by atoms with E-state index in [1.807, 2.05) is 58.7 Å². The number of benzene rings is 1. The van der Waals surface area contributed by atoms with Gasteiger partial charge < -0.3 is 14.9 Å². The number of fused-ring (bicyclic) bond motifs is 1. The van der Waals surface area contributed by atoms with E-state index in [2.05, 4.69) is 34.1 Å². The van der Waals surface area contributed by atoms with Crippen LogP contribution in [0.15, 0.2) is 54.2 Å². The molecule has 0 spiro atoms. The third-order valence-corrected chi connectivity index (χ3v) is 5.39. The first-order valence-corrected chi connectivity index (χ1v) is 10.3. The number of para-hydroxylation sites is 2. The van der Waals surface area contributed by atoms with Crippen molar-refractivity contribution in [3.8, 4) is 5.13 Å². The fourth-order valence-corrected chi connectivity index (χ4v) is 4.01. The van der Waals surface area contributed by atoms with Gasteiger partial charge in [0.25, 0.3) is 0 Å². The Labute approximate surface area is 167 Å². The Bertz CT molecular complexity index is 1030. The van der Waals surface area contributed by atoms with Crippen LogP contribution in [0.3, 0.4) is 0 Å². The molecular formula is C21H23N5OS. The first-order chi connectivity index (χ1) is 13.6. The third kappa shape index (κ3) is 4.14. The van der Waals surface area contributed by atoms with Gasteiger partial charge in [-0.1, -0.05) is 26.0 Å². The highest BCUT2D eigenvalue weighted by molar-refractivity contribution is 7.12. The number of rotatable bonds is 7. The van der Waals surface area contributed by atoms with E-state index in [0.717, 1.165) is 34.1 Å². The molecule has 4 rings (SSSR count). The smallest absolute Gasteiger partial charge is 0.226 e. The Balaban J connectivity index is 1.48. The van der Waals surface area contributed by atoms with Crippen molar-refractivity contribution in [3.63, 3.8) is 0 Å². The molecule has 2 N–H and O–H groups in total. The second-order valence-corrected chi connectivity index (χ2v) is 8.11. The minimum Gasteiger partial charge on any atom is -0.346 e. The van der Waals surface area contributed by atoms with E-state index in [1.165, 1.54) is 11.3 Å². The van der Waals surface area contributed by atoms with Crippen LogP contribution >= 0.6 is 11.3 Å². The van der Waals surface area contributed by atoms with Gasteiger partial charge in [-0.15, -0.1) is 11.3 Å². The van der Waals surface area contributed by atoms with Crippen LogP contribution in [-0.2, 0) is 11.2 Å². The summed E-state index contributed by atoms with van der Waals surface area (Å²) in [6, 6.07) is 11.7. The van der Waals surface area contributed by atoms with Crippen molar-refractivity contribution in [1.29, 1.82) is 0 Å². The lowest BCUT2D eigenvalue weighted by molar-refractivity contribution is -0.121. The van der Waals surface area contributed by atoms with Crippen LogP contribution < -0.4 is 5.32 Å². The van der Waals surface area contributed by atoms with Gasteiger partial charge in [0.1, 0.15) is 5.82 Å². The number of aromatic nitrogens is 4. The van der Waals surface area contributed by atoms with Gasteiger partial charge in [-0.3, -0.25) is 4.79 Å². The molecule has 0 aliphatic rings. The average Bonchev–Trinajstić information content (AvgIpc) is 3.40. The maximum absolute atomic E-state index is 12.7. The Morgan fingerprint density at radius 2 is 1.96 bits per heavy atom. The van der Waals surface area contributed by atoms with Gasteiger partial charge in [-0.25, -0.2) is 9.97 Å². The second kappa shape index (κ2) is 7.98. The number of nitrogens with one attached hydrogen (secondary N) is 2. The largest absolute Gasteiger partial charge is 0.346 e. The normalized spacial score (nSPS) is 12.5. The third-order valence-electron chi connectivity index (χ3n) is 4.49. The van der Waals surface area contributed by atoms with Crippen LogP contribution in [0.25, 0.3) is 16.2 Å². The van der Waals surface area contributed by atoms with E-state index in [-0.39, 0.29) is 18.4 Å². The van der Waals surface area contributed by atoms with Crippen molar-refractivity contribution in [2.24, 2.45) is 5.92 Å². The second-order valence-electron chi connectivity index (χ2n) is 7.28. The molecule has 7 heteroatoms. The molecule has 28 heavy (non-hydrogen) atoms. The maximum Gasteiger partial charge on any atom is 0.226 e. The lowest BCUT2D eigenvalue weighted by Gasteiger charge is -2.18. The molecule has 4 aromatic rings. The number of aromatic amines is 1. The number of H-pyrrole nitrogens is 1. The highest BCUT2D eigenvalue weighted by Gasteiger charge is 2.20. The van der Waals surface area contributed by atoms with Crippen LogP contribution in [-0.4, -0.2) is 25.4 Å². The van der Waals surface area contributed by atoms with E-state index in [1.54, 1.807) is 0 Å². The number of hydrogen-bond donors (Lipinski definition) is 2. The molecule has 1 amide bonds. The van der Waals surface area contributed by atoms with Gasteiger partial charge in [0.05, 0.1) is 29.2 Å². The van der Waals surface area contributed by atoms with Crippen molar-refractivity contribution in [3.05, 3.63) is 65.7 Å². The molecule has 6 nitrogen and oxygen atoms in total. The number of hydrogen-bond acceptors (Lipinski definition) is 4. The predicted octanol–water partition coefficient (Wildman–Crippen LogP) is 4.26. The quantitative estimate of drug-likeness (QED) is 0.493. The molecule has 1 aromatic carbocycles. The van der Waals surface area contributed by atoms with Crippen LogP contribution in [0, 0.1) is 5.92 Å². The number of nitrogens with zero attached hydrogens (tertiary/aromatic N) is 3. The summed E-state index contributed by atoms with van der Waals surface area (Å²) in [6.45, 7) is 4.29. The molecular weight excluding hydrogens is 370 g/mol. The Kier molecular flexibility index (Phi) is 5.25. The van der Waals surface area contributed by atoms with Gasteiger partial charge >= 0.3 is 0 Å².